The highest BCUT2D eigenvalue weighted by molar-refractivity contribution is 5.78. The molecule has 1 N–H and O–H groups in total. The average molecular weight is 305 g/mol. The zero-order valence-electron chi connectivity index (χ0n) is 13.0. The van der Waals surface area contributed by atoms with Crippen molar-refractivity contribution in [2.24, 2.45) is 0 Å². The minimum Gasteiger partial charge on any atom is -0.486 e. The van der Waals surface area contributed by atoms with E-state index in [1.54, 1.807) is 0 Å². The molecule has 1 saturated heterocycles. The van der Waals surface area contributed by atoms with Crippen LogP contribution in [0.1, 0.15) is 0 Å². The van der Waals surface area contributed by atoms with Gasteiger partial charge in [-0.2, -0.15) is 0 Å². The zero-order chi connectivity index (χ0) is 15.4. The number of hydrogen-bond acceptors (Lipinski definition) is 5. The monoisotopic (exact) mass is 305 g/mol. The molecule has 120 valence electrons. The van der Waals surface area contributed by atoms with Crippen LogP contribution in [0.25, 0.3) is 0 Å². The van der Waals surface area contributed by atoms with Gasteiger partial charge in [-0.05, 0) is 19.2 Å². The number of benzene rings is 1. The number of ether oxygens (including phenoxy) is 2. The van der Waals surface area contributed by atoms with E-state index in [1.807, 2.05) is 24.3 Å². The Balaban J connectivity index is 1.40. The fourth-order valence-electron chi connectivity index (χ4n) is 2.66. The van der Waals surface area contributed by atoms with E-state index in [4.69, 9.17) is 9.47 Å². The molecule has 0 bridgehead atoms. The van der Waals surface area contributed by atoms with Crippen molar-refractivity contribution in [2.45, 2.75) is 6.10 Å². The van der Waals surface area contributed by atoms with Crippen molar-refractivity contribution < 1.29 is 14.3 Å². The molecular formula is C16H23N3O3. The van der Waals surface area contributed by atoms with Gasteiger partial charge in [-0.25, -0.2) is 0 Å². The summed E-state index contributed by atoms with van der Waals surface area (Å²) >= 11 is 0. The van der Waals surface area contributed by atoms with Gasteiger partial charge in [-0.3, -0.25) is 9.69 Å². The Kier molecular flexibility index (Phi) is 4.80. The second-order valence-electron chi connectivity index (χ2n) is 5.88. The highest BCUT2D eigenvalue weighted by atomic mass is 16.6. The van der Waals surface area contributed by atoms with Gasteiger partial charge in [-0.15, -0.1) is 0 Å². The topological polar surface area (TPSA) is 54.0 Å². The molecule has 1 fully saturated rings. The zero-order valence-corrected chi connectivity index (χ0v) is 13.0. The highest BCUT2D eigenvalue weighted by Crippen LogP contribution is 2.30. The molecule has 1 aromatic rings. The quantitative estimate of drug-likeness (QED) is 0.861. The van der Waals surface area contributed by atoms with Gasteiger partial charge in [0.1, 0.15) is 12.7 Å². The first-order valence-electron chi connectivity index (χ1n) is 7.77. The second kappa shape index (κ2) is 6.98. The summed E-state index contributed by atoms with van der Waals surface area (Å²) in [6.45, 7) is 5.32. The van der Waals surface area contributed by atoms with Crippen LogP contribution in [0.2, 0.25) is 0 Å². The summed E-state index contributed by atoms with van der Waals surface area (Å²) < 4.78 is 11.5. The minimum absolute atomic E-state index is 0.0482. The maximum Gasteiger partial charge on any atom is 0.234 e. The van der Waals surface area contributed by atoms with Crippen molar-refractivity contribution in [3.8, 4) is 11.5 Å². The molecule has 0 radical (unpaired) electrons. The van der Waals surface area contributed by atoms with Crippen LogP contribution in [0.4, 0.5) is 0 Å². The average Bonchev–Trinajstić information content (AvgIpc) is 2.55. The third-order valence-corrected chi connectivity index (χ3v) is 4.06. The van der Waals surface area contributed by atoms with Crippen LogP contribution in [0.3, 0.4) is 0 Å². The number of piperazine rings is 1. The lowest BCUT2D eigenvalue weighted by Gasteiger charge is -2.32. The number of carbonyl (C=O) groups excluding carboxylic acids is 1. The molecule has 0 saturated carbocycles. The first-order chi connectivity index (χ1) is 10.7. The molecule has 2 heterocycles. The molecule has 0 spiro atoms. The van der Waals surface area contributed by atoms with Gasteiger partial charge in [0, 0.05) is 26.2 Å². The van der Waals surface area contributed by atoms with E-state index in [2.05, 4.69) is 22.2 Å². The van der Waals surface area contributed by atoms with Crippen LogP contribution in [0.5, 0.6) is 11.5 Å². The number of hydrogen-bond donors (Lipinski definition) is 1. The van der Waals surface area contributed by atoms with Gasteiger partial charge < -0.3 is 19.7 Å². The summed E-state index contributed by atoms with van der Waals surface area (Å²) in [4.78, 5) is 16.5. The molecule has 2 aliphatic rings. The van der Waals surface area contributed by atoms with Crippen LogP contribution in [-0.2, 0) is 4.79 Å². The van der Waals surface area contributed by atoms with E-state index in [0.29, 0.717) is 19.7 Å². The van der Waals surface area contributed by atoms with Gasteiger partial charge in [0.25, 0.3) is 0 Å². The molecule has 1 atom stereocenters. The van der Waals surface area contributed by atoms with E-state index in [1.165, 1.54) is 0 Å². The summed E-state index contributed by atoms with van der Waals surface area (Å²) in [5, 5.41) is 2.94. The first-order valence-corrected chi connectivity index (χ1v) is 7.77. The summed E-state index contributed by atoms with van der Waals surface area (Å²) in [7, 11) is 2.11. The van der Waals surface area contributed by atoms with Gasteiger partial charge in [0.05, 0.1) is 13.1 Å². The lowest BCUT2D eigenvalue weighted by molar-refractivity contribution is -0.123. The molecule has 1 aromatic carbocycles. The molecule has 2 aliphatic heterocycles. The minimum atomic E-state index is -0.133. The standard InChI is InChI=1S/C16H23N3O3/c1-18-6-8-19(9-7-18)11-16(20)17-10-13-12-21-14-4-2-3-5-15(14)22-13/h2-5,13H,6-12H2,1H3,(H,17,20)/t13-/m1/s1. The number of para-hydroxylation sites is 2. The van der Waals surface area contributed by atoms with E-state index < -0.39 is 0 Å². The first kappa shape index (κ1) is 15.1. The summed E-state index contributed by atoms with van der Waals surface area (Å²) in [6.07, 6.45) is -0.133. The predicted molar refractivity (Wildman–Crippen MR) is 83.3 cm³/mol. The Morgan fingerprint density at radius 1 is 1.23 bits per heavy atom. The number of amides is 1. The third-order valence-electron chi connectivity index (χ3n) is 4.06. The van der Waals surface area contributed by atoms with Crippen molar-refractivity contribution in [1.82, 2.24) is 15.1 Å². The van der Waals surface area contributed by atoms with Crippen LogP contribution < -0.4 is 14.8 Å². The molecular weight excluding hydrogens is 282 g/mol. The lowest BCUT2D eigenvalue weighted by atomic mass is 10.2. The number of likely N-dealkylation sites (N-methyl/N-ethyl adjacent to an activating group) is 1. The van der Waals surface area contributed by atoms with Crippen LogP contribution in [0, 0.1) is 0 Å². The Morgan fingerprint density at radius 3 is 2.73 bits per heavy atom. The van der Waals surface area contributed by atoms with Crippen molar-refractivity contribution >= 4 is 5.91 Å². The van der Waals surface area contributed by atoms with Gasteiger partial charge in [0.15, 0.2) is 11.5 Å². The van der Waals surface area contributed by atoms with Crippen molar-refractivity contribution in [3.05, 3.63) is 24.3 Å². The molecule has 0 aliphatic carbocycles. The normalized spacial score (nSPS) is 22.3. The smallest absolute Gasteiger partial charge is 0.234 e. The van der Waals surface area contributed by atoms with E-state index >= 15 is 0 Å². The van der Waals surface area contributed by atoms with Gasteiger partial charge >= 0.3 is 0 Å². The predicted octanol–water partition coefficient (Wildman–Crippen LogP) is 0.190. The number of fused-ring (bicyclic) bond motifs is 1. The SMILES string of the molecule is CN1CCN(CC(=O)NC[C@@H]2COc3ccccc3O2)CC1. The summed E-state index contributed by atoms with van der Waals surface area (Å²) in [5.41, 5.74) is 0. The molecule has 0 aromatic heterocycles. The van der Waals surface area contributed by atoms with E-state index in [0.717, 1.165) is 37.7 Å². The van der Waals surface area contributed by atoms with E-state index in [9.17, 15) is 4.79 Å². The molecule has 0 unspecified atom stereocenters. The number of nitrogens with one attached hydrogen (secondary N) is 1. The third kappa shape index (κ3) is 3.90. The summed E-state index contributed by atoms with van der Waals surface area (Å²) in [6, 6.07) is 7.60. The van der Waals surface area contributed by atoms with Crippen molar-refractivity contribution in [1.29, 1.82) is 0 Å². The maximum absolute atomic E-state index is 12.0. The highest BCUT2D eigenvalue weighted by Gasteiger charge is 2.22. The van der Waals surface area contributed by atoms with Crippen LogP contribution >= 0.6 is 0 Å². The fraction of sp³-hybridized carbons (Fsp3) is 0.562. The lowest BCUT2D eigenvalue weighted by Crippen LogP contribution is -2.49. The molecule has 1 amide bonds. The Morgan fingerprint density at radius 2 is 1.95 bits per heavy atom. The fourth-order valence-corrected chi connectivity index (χ4v) is 2.66. The second-order valence-corrected chi connectivity index (χ2v) is 5.88. The largest absolute Gasteiger partial charge is 0.486 e. The molecule has 6 heteroatoms. The van der Waals surface area contributed by atoms with Gasteiger partial charge in [-0.1, -0.05) is 12.1 Å². The molecule has 22 heavy (non-hydrogen) atoms. The van der Waals surface area contributed by atoms with Gasteiger partial charge in [0.2, 0.25) is 5.91 Å². The van der Waals surface area contributed by atoms with E-state index in [-0.39, 0.29) is 12.0 Å². The number of rotatable bonds is 4. The van der Waals surface area contributed by atoms with Crippen molar-refractivity contribution in [2.75, 3.05) is 52.9 Å². The Bertz CT molecular complexity index is 515. The van der Waals surface area contributed by atoms with Crippen molar-refractivity contribution in [3.63, 3.8) is 0 Å². The molecule has 6 nitrogen and oxygen atoms in total. The Labute approximate surface area is 131 Å². The number of nitrogens with zero attached hydrogens (tertiary/aromatic N) is 2. The summed E-state index contributed by atoms with van der Waals surface area (Å²) in [5.74, 6) is 1.56. The number of carbonyl (C=O) groups is 1. The van der Waals surface area contributed by atoms with Crippen LogP contribution in [-0.4, -0.2) is 74.7 Å². The Hall–Kier alpha value is -1.79. The van der Waals surface area contributed by atoms with Crippen LogP contribution in [0.15, 0.2) is 24.3 Å². The molecule has 3 rings (SSSR count). The maximum atomic E-state index is 12.0.